The van der Waals surface area contributed by atoms with E-state index in [-0.39, 0.29) is 13.2 Å². The molecule has 2 rings (SSSR count). The van der Waals surface area contributed by atoms with Crippen LogP contribution in [0.5, 0.6) is 5.75 Å². The molecule has 0 bridgehead atoms. The number of carbonyl (C=O) groups excluding carboxylic acids is 3. The zero-order valence-electron chi connectivity index (χ0n) is 15.6. The van der Waals surface area contributed by atoms with Crippen LogP contribution in [-0.2, 0) is 19.1 Å². The number of halogens is 1. The monoisotopic (exact) mass is 404 g/mol. The molecule has 0 aliphatic heterocycles. The lowest BCUT2D eigenvalue weighted by molar-refractivity contribution is -0.153. The summed E-state index contributed by atoms with van der Waals surface area (Å²) in [5.41, 5.74) is 1.34. The van der Waals surface area contributed by atoms with Crippen LogP contribution < -0.4 is 10.1 Å². The number of carbonyl (C=O) groups is 3. The summed E-state index contributed by atoms with van der Waals surface area (Å²) in [6, 6.07) is 14.0. The highest BCUT2D eigenvalue weighted by molar-refractivity contribution is 6.33. The zero-order chi connectivity index (χ0) is 20.5. The minimum absolute atomic E-state index is 0.207. The maximum absolute atomic E-state index is 12.0. The number of nitrogens with one attached hydrogen (secondary N) is 1. The van der Waals surface area contributed by atoms with E-state index in [1.54, 1.807) is 36.4 Å². The summed E-state index contributed by atoms with van der Waals surface area (Å²) in [5.74, 6) is -1.04. The third-order valence-corrected chi connectivity index (χ3v) is 4.08. The van der Waals surface area contributed by atoms with Gasteiger partial charge in [0.25, 0.3) is 5.91 Å². The summed E-state index contributed by atoms with van der Waals surface area (Å²) >= 11 is 5.97. The molecular weight excluding hydrogens is 384 g/mol. The Morgan fingerprint density at radius 1 is 1.04 bits per heavy atom. The molecule has 1 N–H and O–H groups in total. The molecule has 0 radical (unpaired) electrons. The van der Waals surface area contributed by atoms with E-state index in [0.717, 1.165) is 10.5 Å². The van der Waals surface area contributed by atoms with Crippen molar-refractivity contribution in [2.45, 2.75) is 6.92 Å². The van der Waals surface area contributed by atoms with Crippen molar-refractivity contribution in [3.8, 4) is 5.75 Å². The van der Waals surface area contributed by atoms with E-state index in [4.69, 9.17) is 21.1 Å². The molecule has 0 heterocycles. The molecule has 0 saturated carbocycles. The molecule has 7 nitrogen and oxygen atoms in total. The van der Waals surface area contributed by atoms with E-state index < -0.39 is 24.4 Å². The Morgan fingerprint density at radius 3 is 2.43 bits per heavy atom. The van der Waals surface area contributed by atoms with Crippen LogP contribution in [0.15, 0.2) is 48.5 Å². The van der Waals surface area contributed by atoms with Gasteiger partial charge in [0.1, 0.15) is 5.75 Å². The second-order valence-electron chi connectivity index (χ2n) is 5.99. The largest absolute Gasteiger partial charge is 0.482 e. The van der Waals surface area contributed by atoms with Gasteiger partial charge in [0.05, 0.1) is 17.3 Å². The van der Waals surface area contributed by atoms with Gasteiger partial charge in [-0.15, -0.1) is 0 Å². The Hall–Kier alpha value is -3.06. The van der Waals surface area contributed by atoms with Crippen molar-refractivity contribution in [3.05, 3.63) is 59.1 Å². The van der Waals surface area contributed by atoms with Gasteiger partial charge in [-0.05, 0) is 30.7 Å². The summed E-state index contributed by atoms with van der Waals surface area (Å²) < 4.78 is 10.3. The Bertz CT molecular complexity index is 856. The Balaban J connectivity index is 1.72. The molecule has 2 aromatic rings. The summed E-state index contributed by atoms with van der Waals surface area (Å²) in [6.45, 7) is 0.856. The molecule has 0 unspecified atom stereocenters. The van der Waals surface area contributed by atoms with Gasteiger partial charge in [-0.2, -0.15) is 0 Å². The molecule has 8 heteroatoms. The number of aryl methyl sites for hydroxylation is 1. The van der Waals surface area contributed by atoms with Crippen molar-refractivity contribution in [1.82, 2.24) is 4.90 Å². The van der Waals surface area contributed by atoms with Crippen LogP contribution in [0.25, 0.3) is 0 Å². The van der Waals surface area contributed by atoms with Crippen LogP contribution in [0.3, 0.4) is 0 Å². The molecule has 0 saturated heterocycles. The predicted octanol–water partition coefficient (Wildman–Crippen LogP) is 2.67. The minimum atomic E-state index is -0.675. The van der Waals surface area contributed by atoms with Crippen molar-refractivity contribution in [3.63, 3.8) is 0 Å². The average molecular weight is 405 g/mol. The molecule has 148 valence electrons. The standard InChI is InChI=1S/C20H21ClN2O5/c1-14-7-3-6-10-17(14)27-13-20(26)28-12-19(25)23(2)11-18(24)22-16-9-5-4-8-15(16)21/h3-10H,11-13H2,1-2H3,(H,22,24). The number of esters is 1. The topological polar surface area (TPSA) is 84.9 Å². The molecule has 0 aliphatic carbocycles. The highest BCUT2D eigenvalue weighted by Crippen LogP contribution is 2.20. The minimum Gasteiger partial charge on any atom is -0.482 e. The van der Waals surface area contributed by atoms with Gasteiger partial charge in [0.2, 0.25) is 5.91 Å². The highest BCUT2D eigenvalue weighted by Gasteiger charge is 2.16. The van der Waals surface area contributed by atoms with Crippen LogP contribution in [-0.4, -0.2) is 49.5 Å². The number of hydrogen-bond donors (Lipinski definition) is 1. The highest BCUT2D eigenvalue weighted by atomic mass is 35.5. The first-order chi connectivity index (χ1) is 13.4. The molecule has 0 aliphatic rings. The number of rotatable bonds is 8. The van der Waals surface area contributed by atoms with E-state index in [0.29, 0.717) is 16.5 Å². The number of nitrogens with zero attached hydrogens (tertiary/aromatic N) is 1. The SMILES string of the molecule is Cc1ccccc1OCC(=O)OCC(=O)N(C)CC(=O)Nc1ccccc1Cl. The average Bonchev–Trinajstić information content (AvgIpc) is 2.67. The predicted molar refractivity (Wildman–Crippen MR) is 105 cm³/mol. The number of para-hydroxylation sites is 2. The maximum atomic E-state index is 12.0. The lowest BCUT2D eigenvalue weighted by atomic mass is 10.2. The first-order valence-electron chi connectivity index (χ1n) is 8.49. The van der Waals surface area contributed by atoms with Gasteiger partial charge in [-0.25, -0.2) is 4.79 Å². The van der Waals surface area contributed by atoms with Gasteiger partial charge in [-0.1, -0.05) is 41.9 Å². The van der Waals surface area contributed by atoms with Crippen LogP contribution in [0.4, 0.5) is 5.69 Å². The Labute approximate surface area is 168 Å². The van der Waals surface area contributed by atoms with Gasteiger partial charge in [0, 0.05) is 7.05 Å². The Kier molecular flexibility index (Phi) is 7.83. The van der Waals surface area contributed by atoms with Crippen molar-refractivity contribution in [2.24, 2.45) is 0 Å². The maximum Gasteiger partial charge on any atom is 0.344 e. The van der Waals surface area contributed by atoms with Gasteiger partial charge in [0.15, 0.2) is 13.2 Å². The lowest BCUT2D eigenvalue weighted by Gasteiger charge is -2.17. The molecule has 28 heavy (non-hydrogen) atoms. The Morgan fingerprint density at radius 2 is 1.71 bits per heavy atom. The summed E-state index contributed by atoms with van der Waals surface area (Å²) in [5, 5.41) is 3.01. The normalized spacial score (nSPS) is 10.1. The van der Waals surface area contributed by atoms with Crippen LogP contribution in [0.2, 0.25) is 5.02 Å². The van der Waals surface area contributed by atoms with Gasteiger partial charge in [-0.3, -0.25) is 9.59 Å². The number of anilines is 1. The van der Waals surface area contributed by atoms with Crippen LogP contribution in [0.1, 0.15) is 5.56 Å². The smallest absolute Gasteiger partial charge is 0.344 e. The summed E-state index contributed by atoms with van der Waals surface area (Å²) in [4.78, 5) is 36.9. The molecule has 0 aromatic heterocycles. The molecule has 2 aromatic carbocycles. The molecule has 2 amide bonds. The van der Waals surface area contributed by atoms with E-state index in [9.17, 15) is 14.4 Å². The lowest BCUT2D eigenvalue weighted by Crippen LogP contribution is -2.37. The number of likely N-dealkylation sites (N-methyl/N-ethyl adjacent to an activating group) is 1. The van der Waals surface area contributed by atoms with Crippen LogP contribution >= 0.6 is 11.6 Å². The second kappa shape index (κ2) is 10.3. The number of hydrogen-bond acceptors (Lipinski definition) is 5. The first kappa shape index (κ1) is 21.2. The fraction of sp³-hybridized carbons (Fsp3) is 0.250. The van der Waals surface area contributed by atoms with E-state index in [2.05, 4.69) is 5.32 Å². The number of ether oxygens (including phenoxy) is 2. The van der Waals surface area contributed by atoms with Crippen LogP contribution in [0, 0.1) is 6.92 Å². The molecule has 0 spiro atoms. The molecule has 0 atom stereocenters. The van der Waals surface area contributed by atoms with E-state index in [1.165, 1.54) is 7.05 Å². The zero-order valence-corrected chi connectivity index (χ0v) is 16.4. The van der Waals surface area contributed by atoms with Crippen molar-refractivity contribution in [2.75, 3.05) is 32.1 Å². The van der Waals surface area contributed by atoms with Crippen molar-refractivity contribution < 1.29 is 23.9 Å². The first-order valence-corrected chi connectivity index (χ1v) is 8.87. The molecular formula is C20H21ClN2O5. The quantitative estimate of drug-likeness (QED) is 0.684. The summed E-state index contributed by atoms with van der Waals surface area (Å²) in [6.07, 6.45) is 0. The van der Waals surface area contributed by atoms with Crippen molar-refractivity contribution >= 4 is 35.1 Å². The third-order valence-electron chi connectivity index (χ3n) is 3.75. The van der Waals surface area contributed by atoms with E-state index in [1.807, 2.05) is 19.1 Å². The number of benzene rings is 2. The van der Waals surface area contributed by atoms with Gasteiger partial charge < -0.3 is 19.7 Å². The van der Waals surface area contributed by atoms with Gasteiger partial charge >= 0.3 is 5.97 Å². The fourth-order valence-corrected chi connectivity index (χ4v) is 2.39. The molecule has 0 fully saturated rings. The second-order valence-corrected chi connectivity index (χ2v) is 6.40. The fourth-order valence-electron chi connectivity index (χ4n) is 2.21. The van der Waals surface area contributed by atoms with Crippen molar-refractivity contribution in [1.29, 1.82) is 0 Å². The summed E-state index contributed by atoms with van der Waals surface area (Å²) in [7, 11) is 1.44. The third kappa shape index (κ3) is 6.59. The number of amides is 2. The van der Waals surface area contributed by atoms with E-state index >= 15 is 0 Å².